The van der Waals surface area contributed by atoms with E-state index in [1.54, 1.807) is 32.2 Å². The molecule has 32 heavy (non-hydrogen) atoms. The predicted molar refractivity (Wildman–Crippen MR) is 122 cm³/mol. The van der Waals surface area contributed by atoms with E-state index >= 15 is 0 Å². The first-order valence-corrected chi connectivity index (χ1v) is 11.9. The van der Waals surface area contributed by atoms with Crippen molar-refractivity contribution in [1.82, 2.24) is 13.8 Å². The summed E-state index contributed by atoms with van der Waals surface area (Å²) in [5.41, 5.74) is 0.239. The quantitative estimate of drug-likeness (QED) is 0.488. The van der Waals surface area contributed by atoms with Gasteiger partial charge in [-0.2, -0.15) is 8.42 Å². The monoisotopic (exact) mass is 467 g/mol. The highest BCUT2D eigenvalue weighted by Gasteiger charge is 2.37. The van der Waals surface area contributed by atoms with Crippen LogP contribution in [0.25, 0.3) is 10.9 Å². The standard InChI is InChI=1S/C22H33N3O6S/c1-22(2,21(26)31-18-13-24(5)14-18)15-30-32(27,28)25-12-16(9-10-23(3)4)19-8-7-17(29-6)11-20(19)25/h7-8,11-12,18H,9-10,13-15H2,1-6H3. The predicted octanol–water partition coefficient (Wildman–Crippen LogP) is 1.75. The number of hydrogen-bond acceptors (Lipinski definition) is 8. The smallest absolute Gasteiger partial charge is 0.366 e. The number of rotatable bonds is 10. The number of carbonyl (C=O) groups excluding carboxylic acids is 1. The number of hydrogen-bond donors (Lipinski definition) is 0. The zero-order valence-corrected chi connectivity index (χ0v) is 20.4. The van der Waals surface area contributed by atoms with Gasteiger partial charge in [0.2, 0.25) is 0 Å². The second-order valence-corrected chi connectivity index (χ2v) is 10.7. The van der Waals surface area contributed by atoms with Crippen molar-refractivity contribution in [3.8, 4) is 5.75 Å². The minimum atomic E-state index is -4.19. The third kappa shape index (κ3) is 5.43. The number of aromatic nitrogens is 1. The highest BCUT2D eigenvalue weighted by atomic mass is 32.2. The molecule has 0 spiro atoms. The van der Waals surface area contributed by atoms with Crippen molar-refractivity contribution in [3.63, 3.8) is 0 Å². The maximum Gasteiger partial charge on any atom is 0.366 e. The largest absolute Gasteiger partial charge is 0.497 e. The second kappa shape index (κ2) is 9.38. The van der Waals surface area contributed by atoms with Crippen LogP contribution in [-0.4, -0.2) is 88.8 Å². The normalized spacial score (nSPS) is 15.8. The molecule has 2 aromatic rings. The number of likely N-dealkylation sites (tertiary alicyclic amines) is 1. The van der Waals surface area contributed by atoms with Crippen LogP contribution in [0.1, 0.15) is 19.4 Å². The molecule has 2 heterocycles. The van der Waals surface area contributed by atoms with Crippen LogP contribution in [0.15, 0.2) is 24.4 Å². The molecule has 0 bridgehead atoms. The van der Waals surface area contributed by atoms with Gasteiger partial charge in [0.05, 0.1) is 24.6 Å². The van der Waals surface area contributed by atoms with Crippen molar-refractivity contribution < 1.29 is 26.9 Å². The number of nitrogens with zero attached hydrogens (tertiary/aromatic N) is 3. The van der Waals surface area contributed by atoms with Gasteiger partial charge in [0, 0.05) is 37.3 Å². The van der Waals surface area contributed by atoms with Gasteiger partial charge in [-0.05, 0) is 59.1 Å². The van der Waals surface area contributed by atoms with E-state index in [1.165, 1.54) is 7.11 Å². The van der Waals surface area contributed by atoms with E-state index in [0.717, 1.165) is 21.5 Å². The summed E-state index contributed by atoms with van der Waals surface area (Å²) in [6, 6.07) is 5.32. The molecule has 1 saturated heterocycles. The third-order valence-electron chi connectivity index (χ3n) is 5.56. The highest BCUT2D eigenvalue weighted by Crippen LogP contribution is 2.29. The number of esters is 1. The van der Waals surface area contributed by atoms with Gasteiger partial charge in [0.15, 0.2) is 0 Å². The SMILES string of the molecule is COc1ccc2c(CCN(C)C)cn(S(=O)(=O)OCC(C)(C)C(=O)OC3CN(C)C3)c2c1. The molecule has 0 atom stereocenters. The Bertz CT molecular complexity index is 1070. The van der Waals surface area contributed by atoms with Crippen LogP contribution >= 0.6 is 0 Å². The summed E-state index contributed by atoms with van der Waals surface area (Å²) >= 11 is 0. The number of benzene rings is 1. The van der Waals surface area contributed by atoms with Crippen molar-refractivity contribution in [2.45, 2.75) is 26.4 Å². The van der Waals surface area contributed by atoms with Crippen molar-refractivity contribution in [1.29, 1.82) is 0 Å². The molecular weight excluding hydrogens is 434 g/mol. The molecule has 9 nitrogen and oxygen atoms in total. The van der Waals surface area contributed by atoms with Gasteiger partial charge >= 0.3 is 16.3 Å². The Morgan fingerprint density at radius 1 is 1.25 bits per heavy atom. The molecule has 0 unspecified atom stereocenters. The van der Waals surface area contributed by atoms with Crippen LogP contribution in [0.4, 0.5) is 0 Å². The Balaban J connectivity index is 1.81. The molecule has 1 aromatic carbocycles. The van der Waals surface area contributed by atoms with Crippen LogP contribution < -0.4 is 4.74 Å². The summed E-state index contributed by atoms with van der Waals surface area (Å²) < 4.78 is 43.5. The first kappa shape index (κ1) is 24.5. The summed E-state index contributed by atoms with van der Waals surface area (Å²) in [5.74, 6) is 0.0667. The first-order chi connectivity index (χ1) is 14.9. The van der Waals surface area contributed by atoms with Gasteiger partial charge in [-0.1, -0.05) is 0 Å². The zero-order valence-electron chi connectivity index (χ0n) is 19.6. The van der Waals surface area contributed by atoms with Crippen molar-refractivity contribution in [2.24, 2.45) is 5.41 Å². The molecule has 10 heteroatoms. The Morgan fingerprint density at radius 3 is 2.53 bits per heavy atom. The van der Waals surface area contributed by atoms with Crippen molar-refractivity contribution in [2.75, 3.05) is 54.5 Å². The Morgan fingerprint density at radius 2 is 1.94 bits per heavy atom. The molecule has 0 amide bonds. The van der Waals surface area contributed by atoms with Crippen molar-refractivity contribution >= 4 is 27.2 Å². The van der Waals surface area contributed by atoms with E-state index in [0.29, 0.717) is 30.8 Å². The summed E-state index contributed by atoms with van der Waals surface area (Å²) in [4.78, 5) is 16.6. The maximum absolute atomic E-state index is 13.1. The molecule has 3 rings (SSSR count). The molecule has 0 N–H and O–H groups in total. The number of fused-ring (bicyclic) bond motifs is 1. The van der Waals surface area contributed by atoms with Crippen LogP contribution in [0.5, 0.6) is 5.75 Å². The first-order valence-electron chi connectivity index (χ1n) is 10.6. The topological polar surface area (TPSA) is 90.3 Å². The van der Waals surface area contributed by atoms with E-state index in [9.17, 15) is 13.2 Å². The lowest BCUT2D eigenvalue weighted by atomic mass is 9.95. The fourth-order valence-corrected chi connectivity index (χ4v) is 4.67. The Labute approximate surface area is 190 Å². The molecule has 0 aliphatic carbocycles. The minimum Gasteiger partial charge on any atom is -0.497 e. The summed E-state index contributed by atoms with van der Waals surface area (Å²) in [6.07, 6.45) is 2.09. The summed E-state index contributed by atoms with van der Waals surface area (Å²) in [6.45, 7) is 5.02. The number of methoxy groups -OCH3 is 1. The van der Waals surface area contributed by atoms with Crippen molar-refractivity contribution in [3.05, 3.63) is 30.0 Å². The fraction of sp³-hybridized carbons (Fsp3) is 0.591. The van der Waals surface area contributed by atoms with Gasteiger partial charge in [0.25, 0.3) is 0 Å². The average molecular weight is 468 g/mol. The Hall–Kier alpha value is -2.14. The van der Waals surface area contributed by atoms with Gasteiger partial charge in [-0.15, -0.1) is 0 Å². The maximum atomic E-state index is 13.1. The molecule has 1 aliphatic heterocycles. The molecule has 1 aliphatic rings. The van der Waals surface area contributed by atoms with E-state index < -0.39 is 21.7 Å². The number of ether oxygens (including phenoxy) is 2. The summed E-state index contributed by atoms with van der Waals surface area (Å²) in [7, 11) is 3.20. The van der Waals surface area contributed by atoms with Gasteiger partial charge in [-0.3, -0.25) is 13.9 Å². The van der Waals surface area contributed by atoms with Crippen LogP contribution in [0, 0.1) is 5.41 Å². The molecule has 1 aromatic heterocycles. The molecular formula is C22H33N3O6S. The van der Waals surface area contributed by atoms with Crippen LogP contribution in [0.2, 0.25) is 0 Å². The van der Waals surface area contributed by atoms with E-state index in [2.05, 4.69) is 0 Å². The lowest BCUT2D eigenvalue weighted by molar-refractivity contribution is -0.168. The zero-order chi connectivity index (χ0) is 23.7. The van der Waals surface area contributed by atoms with Gasteiger partial charge in [-0.25, -0.2) is 3.97 Å². The molecule has 1 fully saturated rings. The van der Waals surface area contributed by atoms with E-state index in [4.69, 9.17) is 13.7 Å². The highest BCUT2D eigenvalue weighted by molar-refractivity contribution is 7.85. The van der Waals surface area contributed by atoms with E-state index in [1.807, 2.05) is 37.0 Å². The lowest BCUT2D eigenvalue weighted by Gasteiger charge is -2.37. The van der Waals surface area contributed by atoms with E-state index in [-0.39, 0.29) is 12.7 Å². The molecule has 178 valence electrons. The molecule has 0 radical (unpaired) electrons. The lowest BCUT2D eigenvalue weighted by Crippen LogP contribution is -2.52. The molecule has 0 saturated carbocycles. The number of carbonyl (C=O) groups is 1. The fourth-order valence-electron chi connectivity index (χ4n) is 3.47. The number of likely N-dealkylation sites (N-methyl/N-ethyl adjacent to an activating group) is 2. The minimum absolute atomic E-state index is 0.163. The van der Waals surface area contributed by atoms with Crippen LogP contribution in [0.3, 0.4) is 0 Å². The van der Waals surface area contributed by atoms with Crippen LogP contribution in [-0.2, 0) is 30.4 Å². The third-order valence-corrected chi connectivity index (χ3v) is 6.76. The van der Waals surface area contributed by atoms with Gasteiger partial charge < -0.3 is 14.4 Å². The van der Waals surface area contributed by atoms with Gasteiger partial charge in [0.1, 0.15) is 11.9 Å². The Kier molecular flexibility index (Phi) is 7.18. The average Bonchev–Trinajstić information content (AvgIpc) is 3.08. The summed E-state index contributed by atoms with van der Waals surface area (Å²) in [5, 5.41) is 0.813. The second-order valence-electron chi connectivity index (χ2n) is 9.24.